The van der Waals surface area contributed by atoms with Crippen LogP contribution in [0.15, 0.2) is 12.1 Å². The third-order valence-electron chi connectivity index (χ3n) is 6.84. The highest BCUT2D eigenvalue weighted by Crippen LogP contribution is 2.61. The zero-order valence-electron chi connectivity index (χ0n) is 15.1. The molecule has 0 unspecified atom stereocenters. The maximum absolute atomic E-state index is 13.0. The van der Waals surface area contributed by atoms with Crippen molar-refractivity contribution in [2.24, 2.45) is 23.2 Å². The highest BCUT2D eigenvalue weighted by Gasteiger charge is 2.51. The average molecular weight is 355 g/mol. The number of aromatic nitrogens is 1. The van der Waals surface area contributed by atoms with E-state index in [-0.39, 0.29) is 5.91 Å². The Morgan fingerprint density at radius 1 is 1.16 bits per heavy atom. The van der Waals surface area contributed by atoms with Crippen LogP contribution < -0.4 is 5.32 Å². The van der Waals surface area contributed by atoms with Crippen LogP contribution in [0, 0.1) is 37.0 Å². The molecule has 3 nitrogen and oxygen atoms in total. The first-order valence-corrected chi connectivity index (χ1v) is 10.5. The van der Waals surface area contributed by atoms with Crippen molar-refractivity contribution < 1.29 is 4.79 Å². The molecule has 4 heteroatoms. The number of benzene rings is 1. The minimum atomic E-state index is 0.197. The van der Waals surface area contributed by atoms with Crippen molar-refractivity contribution in [3.63, 3.8) is 0 Å². The Kier molecular flexibility index (Phi) is 3.50. The molecule has 0 atom stereocenters. The molecule has 4 saturated carbocycles. The van der Waals surface area contributed by atoms with Gasteiger partial charge < -0.3 is 5.32 Å². The van der Waals surface area contributed by atoms with Crippen LogP contribution in [0.1, 0.15) is 55.5 Å². The molecule has 4 bridgehead atoms. The Balaban J connectivity index is 1.39. The van der Waals surface area contributed by atoms with Gasteiger partial charge in [0.2, 0.25) is 5.91 Å². The number of thiazole rings is 1. The van der Waals surface area contributed by atoms with Crippen LogP contribution in [0.5, 0.6) is 0 Å². The van der Waals surface area contributed by atoms with E-state index in [0.717, 1.165) is 44.2 Å². The lowest BCUT2D eigenvalue weighted by Gasteiger charge is -2.56. The first kappa shape index (κ1) is 15.8. The van der Waals surface area contributed by atoms with Gasteiger partial charge in [-0.15, -0.1) is 11.3 Å². The van der Waals surface area contributed by atoms with Gasteiger partial charge in [0, 0.05) is 6.42 Å². The van der Waals surface area contributed by atoms with Gasteiger partial charge >= 0.3 is 0 Å². The summed E-state index contributed by atoms with van der Waals surface area (Å²) in [5.41, 5.74) is 3.29. The normalized spacial score (nSPS) is 33.1. The quantitative estimate of drug-likeness (QED) is 0.795. The van der Waals surface area contributed by atoms with Crippen LogP contribution in [0.3, 0.4) is 0 Å². The Labute approximate surface area is 153 Å². The van der Waals surface area contributed by atoms with Crippen molar-refractivity contribution in [2.45, 2.75) is 58.8 Å². The first-order valence-electron chi connectivity index (χ1n) is 9.66. The Bertz CT molecular complexity index is 818. The van der Waals surface area contributed by atoms with Gasteiger partial charge in [0.1, 0.15) is 5.52 Å². The molecule has 1 N–H and O–H groups in total. The van der Waals surface area contributed by atoms with Crippen LogP contribution >= 0.6 is 11.3 Å². The van der Waals surface area contributed by atoms with Crippen molar-refractivity contribution >= 4 is 33.1 Å². The number of amides is 1. The monoisotopic (exact) mass is 354 g/mol. The van der Waals surface area contributed by atoms with Gasteiger partial charge in [-0.2, -0.15) is 0 Å². The van der Waals surface area contributed by atoms with Crippen LogP contribution in [0.2, 0.25) is 0 Å². The number of anilines is 1. The fourth-order valence-corrected chi connectivity index (χ4v) is 7.23. The lowest BCUT2D eigenvalue weighted by Crippen LogP contribution is -2.47. The van der Waals surface area contributed by atoms with Gasteiger partial charge in [-0.1, -0.05) is 6.07 Å². The fourth-order valence-electron chi connectivity index (χ4n) is 6.39. The molecule has 4 aliphatic carbocycles. The smallest absolute Gasteiger partial charge is 0.224 e. The van der Waals surface area contributed by atoms with E-state index >= 15 is 0 Å². The second kappa shape index (κ2) is 5.54. The number of carbonyl (C=O) groups excluding carboxylic acids is 1. The summed E-state index contributed by atoms with van der Waals surface area (Å²) in [7, 11) is 0. The van der Waals surface area contributed by atoms with Crippen molar-refractivity contribution in [3.05, 3.63) is 22.7 Å². The topological polar surface area (TPSA) is 42.0 Å². The Morgan fingerprint density at radius 2 is 1.80 bits per heavy atom. The molecule has 1 heterocycles. The summed E-state index contributed by atoms with van der Waals surface area (Å²) in [6.45, 7) is 4.09. The van der Waals surface area contributed by atoms with Crippen molar-refractivity contribution in [3.8, 4) is 0 Å². The molecule has 0 spiro atoms. The lowest BCUT2D eigenvalue weighted by atomic mass is 9.49. The summed E-state index contributed by atoms with van der Waals surface area (Å²) >= 11 is 1.69. The number of nitrogens with one attached hydrogen (secondary N) is 1. The van der Waals surface area contributed by atoms with E-state index in [1.165, 1.54) is 38.5 Å². The number of aryl methyl sites for hydroxylation is 2. The molecule has 4 fully saturated rings. The predicted octanol–water partition coefficient (Wildman–Crippen LogP) is 5.46. The molecule has 0 aliphatic heterocycles. The maximum Gasteiger partial charge on any atom is 0.224 e. The van der Waals surface area contributed by atoms with Crippen LogP contribution in [0.25, 0.3) is 10.2 Å². The summed E-state index contributed by atoms with van der Waals surface area (Å²) in [5, 5.41) is 4.30. The maximum atomic E-state index is 13.0. The first-order chi connectivity index (χ1) is 12.0. The minimum absolute atomic E-state index is 0.197. The third kappa shape index (κ3) is 2.69. The second-order valence-corrected chi connectivity index (χ2v) is 10.2. The number of nitrogens with zero attached hydrogens (tertiary/aromatic N) is 1. The van der Waals surface area contributed by atoms with Gasteiger partial charge in [-0.05, 0) is 87.2 Å². The van der Waals surface area contributed by atoms with Gasteiger partial charge in [0.25, 0.3) is 0 Å². The average Bonchev–Trinajstić information content (AvgIpc) is 2.89. The molecular formula is C21H26N2OS. The van der Waals surface area contributed by atoms with Gasteiger partial charge in [-0.3, -0.25) is 4.79 Å². The second-order valence-electron chi connectivity index (χ2n) is 8.98. The van der Waals surface area contributed by atoms with Gasteiger partial charge in [-0.25, -0.2) is 4.98 Å². The Hall–Kier alpha value is -1.42. The molecule has 132 valence electrons. The van der Waals surface area contributed by atoms with E-state index in [4.69, 9.17) is 0 Å². The summed E-state index contributed by atoms with van der Waals surface area (Å²) in [6, 6.07) is 4.21. The van der Waals surface area contributed by atoms with Crippen molar-refractivity contribution in [1.82, 2.24) is 4.98 Å². The molecule has 25 heavy (non-hydrogen) atoms. The molecule has 1 aromatic heterocycles. The molecule has 1 aromatic carbocycles. The highest BCUT2D eigenvalue weighted by atomic mass is 32.1. The van der Waals surface area contributed by atoms with E-state index in [9.17, 15) is 4.79 Å². The predicted molar refractivity (Wildman–Crippen MR) is 103 cm³/mol. The summed E-state index contributed by atoms with van der Waals surface area (Å²) < 4.78 is 1.16. The lowest BCUT2D eigenvalue weighted by molar-refractivity contribution is -0.124. The molecular weight excluding hydrogens is 328 g/mol. The van der Waals surface area contributed by atoms with E-state index in [1.807, 2.05) is 6.92 Å². The number of carbonyl (C=O) groups is 1. The van der Waals surface area contributed by atoms with E-state index in [2.05, 4.69) is 29.4 Å². The number of rotatable bonds is 3. The summed E-state index contributed by atoms with van der Waals surface area (Å²) in [4.78, 5) is 17.6. The molecule has 2 aromatic rings. The van der Waals surface area contributed by atoms with E-state index in [1.54, 1.807) is 11.3 Å². The zero-order chi connectivity index (χ0) is 17.2. The SMILES string of the molecule is Cc1nc2c(NC(=O)CC34CC5CC(CC(C5)C3)C4)c(C)ccc2s1. The molecule has 0 saturated heterocycles. The van der Waals surface area contributed by atoms with Crippen LogP contribution in [0.4, 0.5) is 5.69 Å². The van der Waals surface area contributed by atoms with Crippen molar-refractivity contribution in [1.29, 1.82) is 0 Å². The van der Waals surface area contributed by atoms with Crippen LogP contribution in [-0.2, 0) is 4.79 Å². The van der Waals surface area contributed by atoms with Crippen LogP contribution in [-0.4, -0.2) is 10.9 Å². The molecule has 4 aliphatic rings. The fraction of sp³-hybridized carbons (Fsp3) is 0.619. The Morgan fingerprint density at radius 3 is 2.44 bits per heavy atom. The molecule has 6 rings (SSSR count). The third-order valence-corrected chi connectivity index (χ3v) is 7.78. The minimum Gasteiger partial charge on any atom is -0.324 e. The van der Waals surface area contributed by atoms with E-state index < -0.39 is 0 Å². The standard InChI is InChI=1S/C21H26N2OS/c1-12-3-4-17-20(22-13(2)25-17)19(12)23-18(24)11-21-8-14-5-15(9-21)7-16(6-14)10-21/h3-4,14-16H,5-11H2,1-2H3,(H,23,24). The summed E-state index contributed by atoms with van der Waals surface area (Å²) in [5.74, 6) is 2.88. The largest absolute Gasteiger partial charge is 0.324 e. The molecule has 1 amide bonds. The number of hydrogen-bond acceptors (Lipinski definition) is 3. The number of hydrogen-bond donors (Lipinski definition) is 1. The summed E-state index contributed by atoms with van der Waals surface area (Å²) in [6.07, 6.45) is 8.84. The van der Waals surface area contributed by atoms with E-state index in [0.29, 0.717) is 11.8 Å². The molecule has 0 radical (unpaired) electrons. The highest BCUT2D eigenvalue weighted by molar-refractivity contribution is 7.18. The van der Waals surface area contributed by atoms with Crippen molar-refractivity contribution in [2.75, 3.05) is 5.32 Å². The van der Waals surface area contributed by atoms with Gasteiger partial charge in [0.15, 0.2) is 0 Å². The number of fused-ring (bicyclic) bond motifs is 1. The van der Waals surface area contributed by atoms with Gasteiger partial charge in [0.05, 0.1) is 15.4 Å². The zero-order valence-corrected chi connectivity index (χ0v) is 15.9.